The molecule has 0 aliphatic heterocycles. The van der Waals surface area contributed by atoms with Crippen LogP contribution in [0, 0.1) is 0 Å². The number of methoxy groups -OCH3 is 1. The molecule has 0 saturated heterocycles. The van der Waals surface area contributed by atoms with Gasteiger partial charge in [0.05, 0.1) is 28.9 Å². The SMILES string of the molecule is COc1cc2nccc(Oc3ccc(NC(=S)NC4CC4)c(Cl)c3)c2cc1C(=O)NC1CC1. The van der Waals surface area contributed by atoms with Crippen LogP contribution >= 0.6 is 23.8 Å². The van der Waals surface area contributed by atoms with Crippen molar-refractivity contribution in [2.75, 3.05) is 12.4 Å². The van der Waals surface area contributed by atoms with E-state index < -0.39 is 0 Å². The van der Waals surface area contributed by atoms with Gasteiger partial charge in [-0.15, -0.1) is 0 Å². The summed E-state index contributed by atoms with van der Waals surface area (Å²) in [4.78, 5) is 17.1. The Balaban J connectivity index is 1.40. The Kier molecular flexibility index (Phi) is 5.95. The van der Waals surface area contributed by atoms with Crippen LogP contribution in [0.25, 0.3) is 10.9 Å². The number of benzene rings is 2. The van der Waals surface area contributed by atoms with Gasteiger partial charge in [0.1, 0.15) is 17.2 Å². The van der Waals surface area contributed by atoms with Crippen LogP contribution in [0.3, 0.4) is 0 Å². The van der Waals surface area contributed by atoms with Crippen molar-refractivity contribution in [2.24, 2.45) is 0 Å². The van der Waals surface area contributed by atoms with E-state index in [2.05, 4.69) is 20.9 Å². The van der Waals surface area contributed by atoms with Crippen LogP contribution in [0.5, 0.6) is 17.2 Å². The van der Waals surface area contributed by atoms with E-state index in [9.17, 15) is 4.79 Å². The number of pyridine rings is 1. The third-order valence-corrected chi connectivity index (χ3v) is 6.04. The fourth-order valence-electron chi connectivity index (χ4n) is 3.43. The molecule has 1 amide bonds. The van der Waals surface area contributed by atoms with Gasteiger partial charge in [-0.25, -0.2) is 0 Å². The lowest BCUT2D eigenvalue weighted by molar-refractivity contribution is 0.0948. The Morgan fingerprint density at radius 2 is 1.82 bits per heavy atom. The lowest BCUT2D eigenvalue weighted by Gasteiger charge is -2.14. The molecule has 0 radical (unpaired) electrons. The highest BCUT2D eigenvalue weighted by Gasteiger charge is 2.26. The first-order chi connectivity index (χ1) is 16.0. The van der Waals surface area contributed by atoms with E-state index >= 15 is 0 Å². The maximum Gasteiger partial charge on any atom is 0.255 e. The maximum absolute atomic E-state index is 12.7. The van der Waals surface area contributed by atoms with Gasteiger partial charge in [0, 0.05) is 35.8 Å². The van der Waals surface area contributed by atoms with E-state index in [0.717, 1.165) is 25.7 Å². The van der Waals surface area contributed by atoms with Crippen molar-refractivity contribution in [3.8, 4) is 17.2 Å². The fraction of sp³-hybridized carbons (Fsp3) is 0.292. The van der Waals surface area contributed by atoms with Crippen molar-refractivity contribution in [2.45, 2.75) is 37.8 Å². The van der Waals surface area contributed by atoms with Crippen LogP contribution in [-0.2, 0) is 0 Å². The summed E-state index contributed by atoms with van der Waals surface area (Å²) in [5, 5.41) is 11.1. The van der Waals surface area contributed by atoms with Gasteiger partial charge < -0.3 is 25.4 Å². The summed E-state index contributed by atoms with van der Waals surface area (Å²) >= 11 is 11.8. The minimum atomic E-state index is -0.166. The number of nitrogens with zero attached hydrogens (tertiary/aromatic N) is 1. The van der Waals surface area contributed by atoms with Crippen molar-refractivity contribution in [3.63, 3.8) is 0 Å². The minimum absolute atomic E-state index is 0.166. The topological polar surface area (TPSA) is 84.5 Å². The molecular formula is C24H23ClN4O3S. The maximum atomic E-state index is 12.7. The van der Waals surface area contributed by atoms with Gasteiger partial charge in [-0.1, -0.05) is 11.6 Å². The molecule has 1 heterocycles. The number of hydrogen-bond acceptors (Lipinski definition) is 5. The third-order valence-electron chi connectivity index (χ3n) is 5.51. The fourth-order valence-corrected chi connectivity index (χ4v) is 3.93. The lowest BCUT2D eigenvalue weighted by atomic mass is 10.1. The predicted molar refractivity (Wildman–Crippen MR) is 133 cm³/mol. The number of nitrogens with one attached hydrogen (secondary N) is 3. The normalized spacial score (nSPS) is 15.1. The van der Waals surface area contributed by atoms with Gasteiger partial charge in [0.2, 0.25) is 0 Å². The first-order valence-corrected chi connectivity index (χ1v) is 11.6. The zero-order valence-electron chi connectivity index (χ0n) is 18.0. The first kappa shape index (κ1) is 21.7. The second kappa shape index (κ2) is 9.03. The van der Waals surface area contributed by atoms with E-state index in [4.69, 9.17) is 33.3 Å². The summed E-state index contributed by atoms with van der Waals surface area (Å²) < 4.78 is 11.6. The molecular weight excluding hydrogens is 460 g/mol. The number of thiocarbonyl (C=S) groups is 1. The van der Waals surface area contributed by atoms with Gasteiger partial charge in [0.15, 0.2) is 5.11 Å². The molecule has 3 N–H and O–H groups in total. The standard InChI is InChI=1S/C24H23ClN4O3S/c1-31-22-12-20-16(11-17(22)23(30)27-13-2-3-13)21(8-9-26-20)32-15-6-7-19(18(25)10-15)29-24(33)28-14-4-5-14/h6-14H,2-5H2,1H3,(H,27,30)(H2,28,29,33). The van der Waals surface area contributed by atoms with Crippen molar-refractivity contribution >= 4 is 51.4 Å². The summed E-state index contributed by atoms with van der Waals surface area (Å²) in [6.45, 7) is 0. The monoisotopic (exact) mass is 482 g/mol. The Hall–Kier alpha value is -3.10. The summed E-state index contributed by atoms with van der Waals surface area (Å²) in [6, 6.07) is 11.3. The van der Waals surface area contributed by atoms with E-state index in [1.165, 1.54) is 0 Å². The summed E-state index contributed by atoms with van der Waals surface area (Å²) in [5.41, 5.74) is 1.81. The Bertz CT molecular complexity index is 1240. The van der Waals surface area contributed by atoms with Crippen molar-refractivity contribution < 1.29 is 14.3 Å². The van der Waals surface area contributed by atoms with Gasteiger partial charge in [-0.2, -0.15) is 0 Å². The number of amides is 1. The van der Waals surface area contributed by atoms with Gasteiger partial charge in [-0.05, 0) is 62.2 Å². The molecule has 2 aliphatic carbocycles. The molecule has 0 atom stereocenters. The molecule has 170 valence electrons. The van der Waals surface area contributed by atoms with Crippen molar-refractivity contribution in [1.29, 1.82) is 0 Å². The molecule has 7 nitrogen and oxygen atoms in total. The highest BCUT2D eigenvalue weighted by atomic mass is 35.5. The van der Waals surface area contributed by atoms with Crippen molar-refractivity contribution in [1.82, 2.24) is 15.6 Å². The van der Waals surface area contributed by atoms with E-state index in [0.29, 0.717) is 55.6 Å². The average molecular weight is 483 g/mol. The number of carbonyl (C=O) groups is 1. The molecule has 0 unspecified atom stereocenters. The molecule has 2 aliphatic rings. The van der Waals surface area contributed by atoms with Crippen molar-refractivity contribution in [3.05, 3.63) is 53.2 Å². The molecule has 3 aromatic rings. The minimum Gasteiger partial charge on any atom is -0.496 e. The number of halogens is 1. The third kappa shape index (κ3) is 5.12. The average Bonchev–Trinajstić information content (AvgIpc) is 3.72. The Morgan fingerprint density at radius 1 is 1.06 bits per heavy atom. The molecule has 2 saturated carbocycles. The van der Waals surface area contributed by atoms with E-state index in [1.54, 1.807) is 37.6 Å². The number of aromatic nitrogens is 1. The van der Waals surface area contributed by atoms with E-state index in [1.807, 2.05) is 12.1 Å². The lowest BCUT2D eigenvalue weighted by Crippen LogP contribution is -2.30. The number of fused-ring (bicyclic) bond motifs is 1. The van der Waals surface area contributed by atoms with Gasteiger partial charge >= 0.3 is 0 Å². The van der Waals surface area contributed by atoms with Crippen LogP contribution in [0.1, 0.15) is 36.0 Å². The van der Waals surface area contributed by atoms with Crippen LogP contribution in [0.15, 0.2) is 42.6 Å². The number of ether oxygens (including phenoxy) is 2. The molecule has 33 heavy (non-hydrogen) atoms. The summed E-state index contributed by atoms with van der Waals surface area (Å²) in [7, 11) is 1.54. The predicted octanol–water partition coefficient (Wildman–Crippen LogP) is 5.03. The molecule has 9 heteroatoms. The molecule has 1 aromatic heterocycles. The highest BCUT2D eigenvalue weighted by Crippen LogP contribution is 2.35. The zero-order valence-corrected chi connectivity index (χ0v) is 19.6. The first-order valence-electron chi connectivity index (χ1n) is 10.8. The number of carbonyl (C=O) groups excluding carboxylic acids is 1. The van der Waals surface area contributed by atoms with Crippen LogP contribution < -0.4 is 25.4 Å². The second-order valence-corrected chi connectivity index (χ2v) is 9.06. The van der Waals surface area contributed by atoms with Crippen LogP contribution in [-0.4, -0.2) is 35.2 Å². The quantitative estimate of drug-likeness (QED) is 0.407. The number of hydrogen-bond donors (Lipinski definition) is 3. The summed E-state index contributed by atoms with van der Waals surface area (Å²) in [5.74, 6) is 1.42. The van der Waals surface area contributed by atoms with Crippen LogP contribution in [0.2, 0.25) is 5.02 Å². The van der Waals surface area contributed by atoms with Gasteiger partial charge in [0.25, 0.3) is 5.91 Å². The van der Waals surface area contributed by atoms with E-state index in [-0.39, 0.29) is 11.9 Å². The number of anilines is 1. The Morgan fingerprint density at radius 3 is 2.52 bits per heavy atom. The largest absolute Gasteiger partial charge is 0.496 e. The molecule has 2 aromatic carbocycles. The second-order valence-electron chi connectivity index (χ2n) is 8.24. The summed E-state index contributed by atoms with van der Waals surface area (Å²) in [6.07, 6.45) is 5.94. The van der Waals surface area contributed by atoms with Crippen LogP contribution in [0.4, 0.5) is 5.69 Å². The number of rotatable bonds is 7. The molecule has 0 spiro atoms. The highest BCUT2D eigenvalue weighted by molar-refractivity contribution is 7.80. The molecule has 2 fully saturated rings. The zero-order chi connectivity index (χ0) is 22.9. The molecule has 0 bridgehead atoms. The Labute approximate surface area is 201 Å². The smallest absolute Gasteiger partial charge is 0.255 e. The van der Waals surface area contributed by atoms with Gasteiger partial charge in [-0.3, -0.25) is 9.78 Å². The molecule has 5 rings (SSSR count).